The smallest absolute Gasteiger partial charge is 0.311 e. The highest BCUT2D eigenvalue weighted by atomic mass is 127. The number of nitrogens with zero attached hydrogens (tertiary/aromatic N) is 1. The third-order valence-corrected chi connectivity index (χ3v) is 3.97. The molecule has 1 aromatic carbocycles. The molecular weight excluding hydrogens is 363 g/mol. The Labute approximate surface area is 123 Å². The van der Waals surface area contributed by atoms with Crippen molar-refractivity contribution in [2.24, 2.45) is 0 Å². The van der Waals surface area contributed by atoms with E-state index in [9.17, 15) is 4.79 Å². The van der Waals surface area contributed by atoms with Crippen LogP contribution in [-0.2, 0) is 16.0 Å². The van der Waals surface area contributed by atoms with Crippen LogP contribution in [0.25, 0.3) is 0 Å². The second-order valence-electron chi connectivity index (χ2n) is 3.50. The molecule has 18 heavy (non-hydrogen) atoms. The van der Waals surface area contributed by atoms with Crippen molar-refractivity contribution in [3.63, 3.8) is 0 Å². The molecule has 1 heterocycles. The number of aromatic nitrogens is 1. The molecule has 1 aromatic heterocycles. The quantitative estimate of drug-likeness (QED) is 0.660. The molecule has 0 amide bonds. The zero-order valence-corrected chi connectivity index (χ0v) is 12.6. The number of carbonyl (C=O) groups excluding carboxylic acids is 1. The summed E-state index contributed by atoms with van der Waals surface area (Å²) in [6, 6.07) is 7.96. The highest BCUT2D eigenvalue weighted by molar-refractivity contribution is 14.1. The van der Waals surface area contributed by atoms with Crippen molar-refractivity contribution < 1.29 is 9.53 Å². The molecule has 94 valence electrons. The van der Waals surface area contributed by atoms with Crippen LogP contribution in [0.15, 0.2) is 29.6 Å². The number of esters is 1. The Morgan fingerprint density at radius 1 is 1.50 bits per heavy atom. The number of rotatable bonds is 4. The van der Waals surface area contributed by atoms with Gasteiger partial charge in [0.1, 0.15) is 0 Å². The Kier molecular flexibility index (Phi) is 4.54. The fraction of sp³-hybridized carbons (Fsp3) is 0.167. The molecule has 2 aromatic rings. The van der Waals surface area contributed by atoms with Gasteiger partial charge in [0, 0.05) is 8.95 Å². The zero-order chi connectivity index (χ0) is 13.0. The Morgan fingerprint density at radius 3 is 3.00 bits per heavy atom. The molecule has 0 unspecified atom stereocenters. The lowest BCUT2D eigenvalue weighted by Crippen LogP contribution is -2.04. The number of benzene rings is 1. The van der Waals surface area contributed by atoms with Crippen molar-refractivity contribution in [3.8, 4) is 0 Å². The van der Waals surface area contributed by atoms with Crippen LogP contribution in [0.5, 0.6) is 0 Å². The van der Waals surface area contributed by atoms with E-state index in [-0.39, 0.29) is 12.4 Å². The minimum absolute atomic E-state index is 0.209. The standard InChI is InChI=1S/C12H11IN2O2S/c1-17-11(16)6-8-7-18-12(14-8)15-10-5-3-2-4-9(10)13/h2-5,7H,6H2,1H3,(H,14,15). The monoisotopic (exact) mass is 374 g/mol. The van der Waals surface area contributed by atoms with Gasteiger partial charge in [-0.15, -0.1) is 11.3 Å². The van der Waals surface area contributed by atoms with Gasteiger partial charge in [0.25, 0.3) is 0 Å². The predicted octanol–water partition coefficient (Wildman–Crippen LogP) is 3.21. The highest BCUT2D eigenvalue weighted by Crippen LogP contribution is 2.24. The van der Waals surface area contributed by atoms with Crippen molar-refractivity contribution in [1.29, 1.82) is 0 Å². The molecular formula is C12H11IN2O2S. The first-order valence-electron chi connectivity index (χ1n) is 5.22. The molecule has 0 saturated carbocycles. The van der Waals surface area contributed by atoms with Gasteiger partial charge >= 0.3 is 5.97 Å². The summed E-state index contributed by atoms with van der Waals surface area (Å²) in [5.74, 6) is -0.277. The molecule has 0 radical (unpaired) electrons. The van der Waals surface area contributed by atoms with Gasteiger partial charge in [-0.1, -0.05) is 12.1 Å². The topological polar surface area (TPSA) is 51.2 Å². The maximum atomic E-state index is 11.1. The Morgan fingerprint density at radius 2 is 2.28 bits per heavy atom. The molecule has 0 atom stereocenters. The molecule has 0 saturated heterocycles. The maximum absolute atomic E-state index is 11.1. The number of anilines is 2. The van der Waals surface area contributed by atoms with E-state index in [1.807, 2.05) is 29.6 Å². The second kappa shape index (κ2) is 6.14. The molecule has 0 aliphatic carbocycles. The lowest BCUT2D eigenvalue weighted by Gasteiger charge is -2.04. The largest absolute Gasteiger partial charge is 0.469 e. The van der Waals surface area contributed by atoms with Gasteiger partial charge in [-0.3, -0.25) is 4.79 Å². The molecule has 0 aliphatic heterocycles. The summed E-state index contributed by atoms with van der Waals surface area (Å²) in [5, 5.41) is 5.86. The summed E-state index contributed by atoms with van der Waals surface area (Å²) in [7, 11) is 1.38. The van der Waals surface area contributed by atoms with Gasteiger partial charge < -0.3 is 10.1 Å². The average Bonchev–Trinajstić information content (AvgIpc) is 2.79. The SMILES string of the molecule is COC(=O)Cc1csc(Nc2ccccc2I)n1. The number of ether oxygens (including phenoxy) is 1. The van der Waals surface area contributed by atoms with Gasteiger partial charge in [-0.25, -0.2) is 4.98 Å². The van der Waals surface area contributed by atoms with Gasteiger partial charge in [0.15, 0.2) is 5.13 Å². The van der Waals surface area contributed by atoms with Crippen molar-refractivity contribution in [2.45, 2.75) is 6.42 Å². The summed E-state index contributed by atoms with van der Waals surface area (Å²) in [5.41, 5.74) is 1.73. The van der Waals surface area contributed by atoms with E-state index in [2.05, 4.69) is 37.6 Å². The van der Waals surface area contributed by atoms with Crippen LogP contribution in [0, 0.1) is 3.57 Å². The zero-order valence-electron chi connectivity index (χ0n) is 9.64. The van der Waals surface area contributed by atoms with E-state index in [4.69, 9.17) is 0 Å². The predicted molar refractivity (Wildman–Crippen MR) is 80.3 cm³/mol. The van der Waals surface area contributed by atoms with E-state index in [1.165, 1.54) is 18.4 Å². The molecule has 0 spiro atoms. The van der Waals surface area contributed by atoms with Crippen LogP contribution in [-0.4, -0.2) is 18.1 Å². The van der Waals surface area contributed by atoms with Crippen LogP contribution in [0.2, 0.25) is 0 Å². The summed E-state index contributed by atoms with van der Waals surface area (Å²) in [4.78, 5) is 15.5. The van der Waals surface area contributed by atoms with Gasteiger partial charge in [-0.2, -0.15) is 0 Å². The van der Waals surface area contributed by atoms with E-state index in [0.29, 0.717) is 0 Å². The molecule has 2 rings (SSSR count). The summed E-state index contributed by atoms with van der Waals surface area (Å²) in [6.45, 7) is 0. The first kappa shape index (κ1) is 13.3. The summed E-state index contributed by atoms with van der Waals surface area (Å²) in [6.07, 6.45) is 0.209. The number of thiazole rings is 1. The van der Waals surface area contributed by atoms with Crippen LogP contribution in [0.3, 0.4) is 0 Å². The van der Waals surface area contributed by atoms with E-state index in [0.717, 1.165) is 20.1 Å². The van der Waals surface area contributed by atoms with Crippen molar-refractivity contribution in [3.05, 3.63) is 38.9 Å². The molecule has 0 aliphatic rings. The minimum atomic E-state index is -0.277. The number of hydrogen-bond acceptors (Lipinski definition) is 5. The number of halogens is 1. The van der Waals surface area contributed by atoms with Gasteiger partial charge in [-0.05, 0) is 34.7 Å². The van der Waals surface area contributed by atoms with Crippen LogP contribution in [0.1, 0.15) is 5.69 Å². The summed E-state index contributed by atoms with van der Waals surface area (Å²) < 4.78 is 5.73. The first-order chi connectivity index (χ1) is 8.69. The molecule has 0 bridgehead atoms. The Hall–Kier alpha value is -1.15. The first-order valence-corrected chi connectivity index (χ1v) is 7.17. The fourth-order valence-corrected chi connectivity index (χ4v) is 2.59. The number of para-hydroxylation sites is 1. The van der Waals surface area contributed by atoms with E-state index in [1.54, 1.807) is 0 Å². The summed E-state index contributed by atoms with van der Waals surface area (Å²) >= 11 is 3.73. The normalized spacial score (nSPS) is 10.1. The molecule has 6 heteroatoms. The number of nitrogens with one attached hydrogen (secondary N) is 1. The lowest BCUT2D eigenvalue weighted by molar-refractivity contribution is -0.139. The van der Waals surface area contributed by atoms with Crippen LogP contribution >= 0.6 is 33.9 Å². The van der Waals surface area contributed by atoms with Crippen LogP contribution < -0.4 is 5.32 Å². The van der Waals surface area contributed by atoms with Gasteiger partial charge in [0.2, 0.25) is 0 Å². The number of hydrogen-bond donors (Lipinski definition) is 1. The third kappa shape index (κ3) is 3.42. The molecule has 0 fully saturated rings. The van der Waals surface area contributed by atoms with Gasteiger partial charge in [0.05, 0.1) is 24.9 Å². The fourth-order valence-electron chi connectivity index (χ4n) is 1.34. The third-order valence-electron chi connectivity index (χ3n) is 2.22. The minimum Gasteiger partial charge on any atom is -0.469 e. The average molecular weight is 374 g/mol. The van der Waals surface area contributed by atoms with Crippen molar-refractivity contribution in [2.75, 3.05) is 12.4 Å². The number of carbonyl (C=O) groups is 1. The maximum Gasteiger partial charge on any atom is 0.311 e. The lowest BCUT2D eigenvalue weighted by atomic mass is 10.3. The van der Waals surface area contributed by atoms with Crippen molar-refractivity contribution in [1.82, 2.24) is 4.98 Å². The molecule has 4 nitrogen and oxygen atoms in total. The van der Waals surface area contributed by atoms with E-state index < -0.39 is 0 Å². The molecule has 1 N–H and O–H groups in total. The second-order valence-corrected chi connectivity index (χ2v) is 5.52. The number of methoxy groups -OCH3 is 1. The van der Waals surface area contributed by atoms with Crippen molar-refractivity contribution >= 4 is 50.7 Å². The Bertz CT molecular complexity index is 557. The van der Waals surface area contributed by atoms with Crippen LogP contribution in [0.4, 0.5) is 10.8 Å². The van der Waals surface area contributed by atoms with E-state index >= 15 is 0 Å². The highest BCUT2D eigenvalue weighted by Gasteiger charge is 2.08. The Balaban J connectivity index is 2.07.